The van der Waals surface area contributed by atoms with Gasteiger partial charge in [-0.2, -0.15) is 13.2 Å². The molecule has 1 aromatic rings. The molecule has 29 heavy (non-hydrogen) atoms. The van der Waals surface area contributed by atoms with Gasteiger partial charge < -0.3 is 10.1 Å². The zero-order valence-electron chi connectivity index (χ0n) is 16.1. The lowest BCUT2D eigenvalue weighted by Crippen LogP contribution is -2.47. The van der Waals surface area contributed by atoms with Gasteiger partial charge in [-0.25, -0.2) is 4.39 Å². The van der Waals surface area contributed by atoms with Crippen LogP contribution in [0.15, 0.2) is 18.2 Å². The van der Waals surface area contributed by atoms with Gasteiger partial charge in [0.15, 0.2) is 0 Å². The summed E-state index contributed by atoms with van der Waals surface area (Å²) in [7, 11) is 1.30. The lowest BCUT2D eigenvalue weighted by molar-refractivity contribution is -0.147. The third-order valence-corrected chi connectivity index (χ3v) is 5.87. The molecule has 2 fully saturated rings. The fourth-order valence-corrected chi connectivity index (χ4v) is 4.53. The summed E-state index contributed by atoms with van der Waals surface area (Å²) in [6.07, 6.45) is -0.136. The Morgan fingerprint density at radius 3 is 2.66 bits per heavy atom. The van der Waals surface area contributed by atoms with Gasteiger partial charge in [0.05, 0.1) is 19.2 Å². The van der Waals surface area contributed by atoms with Gasteiger partial charge in [-0.3, -0.25) is 14.5 Å². The summed E-state index contributed by atoms with van der Waals surface area (Å²) in [4.78, 5) is 26.5. The maximum absolute atomic E-state index is 13.2. The Bertz CT molecular complexity index is 769. The maximum Gasteiger partial charge on any atom is 0.416 e. The van der Waals surface area contributed by atoms with Crippen LogP contribution in [0.25, 0.3) is 0 Å². The van der Waals surface area contributed by atoms with Crippen molar-refractivity contribution in [3.63, 3.8) is 0 Å². The Labute approximate surface area is 166 Å². The van der Waals surface area contributed by atoms with Gasteiger partial charge in [0, 0.05) is 12.6 Å². The molecule has 2 aliphatic rings. The second kappa shape index (κ2) is 8.69. The largest absolute Gasteiger partial charge is 0.468 e. The number of nitrogens with zero attached hydrogens (tertiary/aromatic N) is 1. The molecule has 0 radical (unpaired) electrons. The van der Waals surface area contributed by atoms with Gasteiger partial charge >= 0.3 is 12.1 Å². The number of fused-ring (bicyclic) bond motifs is 1. The molecule has 1 saturated heterocycles. The summed E-state index contributed by atoms with van der Waals surface area (Å²) < 4.78 is 57.4. The fraction of sp³-hybridized carbons (Fsp3) is 0.600. The number of methoxy groups -OCH3 is 1. The molecule has 1 aromatic carbocycles. The summed E-state index contributed by atoms with van der Waals surface area (Å²) in [6, 6.07) is 1.94. The van der Waals surface area contributed by atoms with E-state index in [1.54, 1.807) is 0 Å². The van der Waals surface area contributed by atoms with Crippen LogP contribution >= 0.6 is 0 Å². The van der Waals surface area contributed by atoms with Crippen LogP contribution in [0.4, 0.5) is 17.6 Å². The van der Waals surface area contributed by atoms with Gasteiger partial charge in [0.2, 0.25) is 5.91 Å². The minimum atomic E-state index is -4.72. The SMILES string of the molecule is COC(=O)C1CC2CCCCC2N1CC(=O)NCc1ccc(F)cc1C(F)(F)F. The first-order valence-corrected chi connectivity index (χ1v) is 9.66. The Balaban J connectivity index is 1.68. The zero-order valence-corrected chi connectivity index (χ0v) is 16.1. The predicted octanol–water partition coefficient (Wildman–Crippen LogP) is 3.27. The van der Waals surface area contributed by atoms with E-state index in [1.165, 1.54) is 7.11 Å². The number of halogens is 4. The van der Waals surface area contributed by atoms with Crippen molar-refractivity contribution in [2.75, 3.05) is 13.7 Å². The fourth-order valence-electron chi connectivity index (χ4n) is 4.53. The second-order valence-electron chi connectivity index (χ2n) is 7.63. The van der Waals surface area contributed by atoms with E-state index in [1.807, 2.05) is 4.90 Å². The highest BCUT2D eigenvalue weighted by Crippen LogP contribution is 2.40. The normalized spacial score (nSPS) is 24.8. The van der Waals surface area contributed by atoms with Crippen molar-refractivity contribution in [3.05, 3.63) is 35.1 Å². The number of amides is 1. The van der Waals surface area contributed by atoms with Crippen molar-refractivity contribution in [1.82, 2.24) is 10.2 Å². The van der Waals surface area contributed by atoms with E-state index in [9.17, 15) is 27.2 Å². The maximum atomic E-state index is 13.2. The van der Waals surface area contributed by atoms with Gasteiger partial charge in [-0.1, -0.05) is 18.9 Å². The number of carbonyl (C=O) groups is 2. The molecule has 0 bridgehead atoms. The minimum absolute atomic E-state index is 0.0927. The van der Waals surface area contributed by atoms with Crippen molar-refractivity contribution < 1.29 is 31.9 Å². The highest BCUT2D eigenvalue weighted by molar-refractivity contribution is 5.81. The van der Waals surface area contributed by atoms with Crippen LogP contribution in [0.5, 0.6) is 0 Å². The first kappa shape index (κ1) is 21.5. The van der Waals surface area contributed by atoms with Crippen molar-refractivity contribution in [1.29, 1.82) is 0 Å². The van der Waals surface area contributed by atoms with Crippen LogP contribution in [-0.2, 0) is 27.0 Å². The van der Waals surface area contributed by atoms with Gasteiger partial charge in [-0.05, 0) is 42.9 Å². The summed E-state index contributed by atoms with van der Waals surface area (Å²) in [5.74, 6) is -1.56. The Morgan fingerprint density at radius 2 is 1.97 bits per heavy atom. The van der Waals surface area contributed by atoms with Crippen LogP contribution in [0.3, 0.4) is 0 Å². The predicted molar refractivity (Wildman–Crippen MR) is 96.1 cm³/mol. The standard InChI is InChI=1S/C20H24F4N2O3/c1-29-19(28)17-8-12-4-2-3-5-16(12)26(17)11-18(27)25-10-13-6-7-14(21)9-15(13)20(22,23)24/h6-7,9,12,16-17H,2-5,8,10-11H2,1H3,(H,25,27). The quantitative estimate of drug-likeness (QED) is 0.591. The Kier molecular flexibility index (Phi) is 6.45. The van der Waals surface area contributed by atoms with Crippen LogP contribution in [0.2, 0.25) is 0 Å². The molecule has 1 N–H and O–H groups in total. The monoisotopic (exact) mass is 416 g/mol. The van der Waals surface area contributed by atoms with E-state index in [0.29, 0.717) is 18.4 Å². The molecule has 1 aliphatic carbocycles. The average molecular weight is 416 g/mol. The van der Waals surface area contributed by atoms with Crippen molar-refractivity contribution in [2.45, 2.75) is 56.9 Å². The number of hydrogen-bond donors (Lipinski definition) is 1. The van der Waals surface area contributed by atoms with Gasteiger partial charge in [0.1, 0.15) is 11.9 Å². The lowest BCUT2D eigenvalue weighted by atomic mass is 9.85. The number of carbonyl (C=O) groups excluding carboxylic acids is 2. The average Bonchev–Trinajstić information content (AvgIpc) is 3.04. The van der Waals surface area contributed by atoms with E-state index < -0.39 is 35.5 Å². The number of esters is 1. The summed E-state index contributed by atoms with van der Waals surface area (Å²) in [5, 5.41) is 2.48. The van der Waals surface area contributed by atoms with Gasteiger partial charge in [0.25, 0.3) is 0 Å². The first-order valence-electron chi connectivity index (χ1n) is 9.66. The zero-order chi connectivity index (χ0) is 21.2. The van der Waals surface area contributed by atoms with Crippen LogP contribution in [-0.4, -0.2) is 42.5 Å². The molecule has 3 atom stereocenters. The molecule has 1 aliphatic heterocycles. The molecule has 0 aromatic heterocycles. The highest BCUT2D eigenvalue weighted by atomic mass is 19.4. The number of benzene rings is 1. The molecular weight excluding hydrogens is 392 g/mol. The van der Waals surface area contributed by atoms with Crippen LogP contribution in [0, 0.1) is 11.7 Å². The number of ether oxygens (including phenoxy) is 1. The number of rotatable bonds is 5. The third kappa shape index (κ3) is 4.88. The van der Waals surface area contributed by atoms with Crippen LogP contribution < -0.4 is 5.32 Å². The third-order valence-electron chi connectivity index (χ3n) is 5.87. The molecule has 9 heteroatoms. The molecule has 160 valence electrons. The molecule has 0 spiro atoms. The van der Waals surface area contributed by atoms with E-state index in [2.05, 4.69) is 5.32 Å². The number of alkyl halides is 3. The molecular formula is C20H24F4N2O3. The van der Waals surface area contributed by atoms with Crippen molar-refractivity contribution in [2.24, 2.45) is 5.92 Å². The van der Waals surface area contributed by atoms with Crippen LogP contribution in [0.1, 0.15) is 43.2 Å². The molecule has 3 rings (SSSR count). The summed E-state index contributed by atoms with van der Waals surface area (Å²) in [5.41, 5.74) is -1.33. The lowest BCUT2D eigenvalue weighted by Gasteiger charge is -2.32. The van der Waals surface area contributed by atoms with E-state index >= 15 is 0 Å². The number of likely N-dealkylation sites (tertiary alicyclic amines) is 1. The smallest absolute Gasteiger partial charge is 0.416 e. The molecule has 5 nitrogen and oxygen atoms in total. The molecule has 1 saturated carbocycles. The van der Waals surface area contributed by atoms with Crippen molar-refractivity contribution >= 4 is 11.9 Å². The first-order chi connectivity index (χ1) is 13.7. The topological polar surface area (TPSA) is 58.6 Å². The van der Waals surface area contributed by atoms with Gasteiger partial charge in [-0.15, -0.1) is 0 Å². The Morgan fingerprint density at radius 1 is 1.24 bits per heavy atom. The molecule has 1 heterocycles. The van der Waals surface area contributed by atoms with E-state index in [4.69, 9.17) is 4.74 Å². The van der Waals surface area contributed by atoms with Crippen molar-refractivity contribution in [3.8, 4) is 0 Å². The minimum Gasteiger partial charge on any atom is -0.468 e. The second-order valence-corrected chi connectivity index (χ2v) is 7.63. The molecule has 1 amide bonds. The number of hydrogen-bond acceptors (Lipinski definition) is 4. The summed E-state index contributed by atoms with van der Waals surface area (Å²) >= 11 is 0. The van der Waals surface area contributed by atoms with E-state index in [0.717, 1.165) is 37.8 Å². The highest BCUT2D eigenvalue weighted by Gasteiger charge is 2.46. The summed E-state index contributed by atoms with van der Waals surface area (Å²) in [6.45, 7) is -0.470. The van der Waals surface area contributed by atoms with E-state index in [-0.39, 0.29) is 24.7 Å². The Hall–Kier alpha value is -2.16. The molecule has 3 unspecified atom stereocenters. The number of nitrogens with one attached hydrogen (secondary N) is 1.